The first-order valence-electron chi connectivity index (χ1n) is 6.83. The molecule has 1 saturated carbocycles. The zero-order valence-electron chi connectivity index (χ0n) is 11.4. The molecule has 0 aromatic carbocycles. The summed E-state index contributed by atoms with van der Waals surface area (Å²) < 4.78 is 10.6. The minimum absolute atomic E-state index is 0.00667. The summed E-state index contributed by atoms with van der Waals surface area (Å²) in [5, 5.41) is 0. The topological polar surface area (TPSA) is 46.6 Å². The zero-order chi connectivity index (χ0) is 13.9. The Morgan fingerprint density at radius 2 is 2.05 bits per heavy atom. The highest BCUT2D eigenvalue weighted by molar-refractivity contribution is 5.92. The molecule has 0 spiro atoms. The molecule has 4 heteroatoms. The lowest BCUT2D eigenvalue weighted by Gasteiger charge is -2.26. The molecule has 1 amide bonds. The first-order chi connectivity index (χ1) is 9.75. The van der Waals surface area contributed by atoms with Gasteiger partial charge in [-0.15, -0.1) is 0 Å². The summed E-state index contributed by atoms with van der Waals surface area (Å²) in [6.07, 6.45) is 8.62. The molecule has 2 aromatic rings. The molecule has 3 rings (SSSR count). The van der Waals surface area contributed by atoms with Crippen molar-refractivity contribution >= 4 is 12.0 Å². The van der Waals surface area contributed by atoms with Crippen molar-refractivity contribution in [3.05, 3.63) is 54.4 Å². The van der Waals surface area contributed by atoms with Crippen LogP contribution in [-0.2, 0) is 4.79 Å². The van der Waals surface area contributed by atoms with Gasteiger partial charge in [0.2, 0.25) is 5.91 Å². The van der Waals surface area contributed by atoms with Crippen LogP contribution in [0.4, 0.5) is 0 Å². The van der Waals surface area contributed by atoms with Gasteiger partial charge in [0.25, 0.3) is 0 Å². The van der Waals surface area contributed by atoms with Gasteiger partial charge in [-0.2, -0.15) is 0 Å². The summed E-state index contributed by atoms with van der Waals surface area (Å²) in [5.41, 5.74) is 0. The van der Waals surface area contributed by atoms with Gasteiger partial charge < -0.3 is 13.7 Å². The van der Waals surface area contributed by atoms with Gasteiger partial charge in [-0.3, -0.25) is 4.79 Å². The van der Waals surface area contributed by atoms with E-state index in [0.29, 0.717) is 11.8 Å². The Bertz CT molecular complexity index is 579. The molecule has 20 heavy (non-hydrogen) atoms. The molecule has 1 aliphatic carbocycles. The number of hydrogen-bond donors (Lipinski definition) is 0. The molecule has 2 heterocycles. The van der Waals surface area contributed by atoms with Gasteiger partial charge in [-0.05, 0) is 50.1 Å². The highest BCUT2D eigenvalue weighted by Gasteiger charge is 2.36. The van der Waals surface area contributed by atoms with Crippen molar-refractivity contribution in [2.24, 2.45) is 0 Å². The fourth-order valence-corrected chi connectivity index (χ4v) is 2.33. The molecule has 0 saturated heterocycles. The first-order valence-corrected chi connectivity index (χ1v) is 6.83. The second-order valence-corrected chi connectivity index (χ2v) is 5.02. The fourth-order valence-electron chi connectivity index (χ4n) is 2.33. The van der Waals surface area contributed by atoms with Crippen LogP contribution in [0.3, 0.4) is 0 Å². The van der Waals surface area contributed by atoms with Crippen LogP contribution in [0.2, 0.25) is 0 Å². The molecule has 1 unspecified atom stereocenters. The molecule has 4 nitrogen and oxygen atoms in total. The van der Waals surface area contributed by atoms with E-state index in [9.17, 15) is 4.79 Å². The van der Waals surface area contributed by atoms with Crippen molar-refractivity contribution in [3.63, 3.8) is 0 Å². The summed E-state index contributed by atoms with van der Waals surface area (Å²) in [6.45, 7) is 2.00. The second-order valence-electron chi connectivity index (χ2n) is 5.02. The van der Waals surface area contributed by atoms with Crippen molar-refractivity contribution in [2.75, 3.05) is 0 Å². The molecule has 1 atom stereocenters. The summed E-state index contributed by atoms with van der Waals surface area (Å²) in [4.78, 5) is 14.3. The molecule has 1 aliphatic rings. The van der Waals surface area contributed by atoms with Crippen LogP contribution in [0.5, 0.6) is 0 Å². The van der Waals surface area contributed by atoms with E-state index in [0.717, 1.165) is 18.6 Å². The minimum Gasteiger partial charge on any atom is -0.467 e. The molecular weight excluding hydrogens is 254 g/mol. The first kappa shape index (κ1) is 12.8. The maximum Gasteiger partial charge on any atom is 0.247 e. The van der Waals surface area contributed by atoms with E-state index >= 15 is 0 Å². The second kappa shape index (κ2) is 5.41. The Hall–Kier alpha value is -2.23. The van der Waals surface area contributed by atoms with Crippen LogP contribution >= 0.6 is 0 Å². The minimum atomic E-state index is -0.0498. The van der Waals surface area contributed by atoms with Gasteiger partial charge in [0.05, 0.1) is 18.6 Å². The number of carbonyl (C=O) groups is 1. The molecular formula is C16H17NO3. The number of furan rings is 2. The fraction of sp³-hybridized carbons (Fsp3) is 0.312. The predicted molar refractivity (Wildman–Crippen MR) is 74.7 cm³/mol. The van der Waals surface area contributed by atoms with Crippen LogP contribution in [0.1, 0.15) is 37.3 Å². The molecule has 1 fully saturated rings. The summed E-state index contributed by atoms with van der Waals surface area (Å²) in [7, 11) is 0. The number of hydrogen-bond acceptors (Lipinski definition) is 3. The SMILES string of the molecule is CC(c1ccco1)N(C(=O)/C=C/c1ccco1)C1CC1. The van der Waals surface area contributed by atoms with E-state index in [2.05, 4.69) is 0 Å². The molecule has 0 bridgehead atoms. The van der Waals surface area contributed by atoms with E-state index < -0.39 is 0 Å². The van der Waals surface area contributed by atoms with Gasteiger partial charge in [0.1, 0.15) is 11.5 Å². The summed E-state index contributed by atoms with van der Waals surface area (Å²) in [6, 6.07) is 7.65. The van der Waals surface area contributed by atoms with Gasteiger partial charge in [-0.1, -0.05) is 0 Å². The van der Waals surface area contributed by atoms with Crippen LogP contribution in [-0.4, -0.2) is 16.8 Å². The van der Waals surface area contributed by atoms with Crippen molar-refractivity contribution in [3.8, 4) is 0 Å². The smallest absolute Gasteiger partial charge is 0.247 e. The maximum absolute atomic E-state index is 12.4. The van der Waals surface area contributed by atoms with Gasteiger partial charge >= 0.3 is 0 Å². The normalized spacial score (nSPS) is 16.4. The van der Waals surface area contributed by atoms with Crippen LogP contribution < -0.4 is 0 Å². The third kappa shape index (κ3) is 2.69. The summed E-state index contributed by atoms with van der Waals surface area (Å²) >= 11 is 0. The average molecular weight is 271 g/mol. The van der Waals surface area contributed by atoms with E-state index in [1.165, 1.54) is 0 Å². The van der Waals surface area contributed by atoms with Gasteiger partial charge in [-0.25, -0.2) is 0 Å². The van der Waals surface area contributed by atoms with E-state index in [1.807, 2.05) is 30.0 Å². The Morgan fingerprint density at radius 3 is 2.65 bits per heavy atom. The van der Waals surface area contributed by atoms with Gasteiger partial charge in [0, 0.05) is 12.1 Å². The molecule has 0 aliphatic heterocycles. The van der Waals surface area contributed by atoms with Crippen molar-refractivity contribution in [2.45, 2.75) is 31.8 Å². The number of amides is 1. The Labute approximate surface area is 117 Å². The third-order valence-corrected chi connectivity index (χ3v) is 3.50. The lowest BCUT2D eigenvalue weighted by Crippen LogP contribution is -2.34. The molecule has 104 valence electrons. The van der Waals surface area contributed by atoms with E-state index in [-0.39, 0.29) is 11.9 Å². The van der Waals surface area contributed by atoms with E-state index in [1.54, 1.807) is 30.7 Å². The largest absolute Gasteiger partial charge is 0.467 e. The van der Waals surface area contributed by atoms with Crippen LogP contribution in [0.15, 0.2) is 51.7 Å². The highest BCUT2D eigenvalue weighted by atomic mass is 16.3. The molecule has 2 aromatic heterocycles. The van der Waals surface area contributed by atoms with E-state index in [4.69, 9.17) is 8.83 Å². The van der Waals surface area contributed by atoms with Crippen LogP contribution in [0, 0.1) is 0 Å². The standard InChI is InChI=1S/C16H17NO3/c1-12(15-5-3-11-20-15)17(13-6-7-13)16(18)9-8-14-4-2-10-19-14/h2-5,8-13H,6-7H2,1H3/b9-8+. The zero-order valence-corrected chi connectivity index (χ0v) is 11.4. The van der Waals surface area contributed by atoms with Crippen molar-refractivity contribution < 1.29 is 13.6 Å². The Kier molecular flexibility index (Phi) is 3.46. The molecule has 0 radical (unpaired) electrons. The average Bonchev–Trinajstić information content (AvgIpc) is 2.98. The quantitative estimate of drug-likeness (QED) is 0.780. The number of nitrogens with zero attached hydrogens (tertiary/aromatic N) is 1. The Balaban J connectivity index is 1.75. The van der Waals surface area contributed by atoms with Gasteiger partial charge in [0.15, 0.2) is 0 Å². The number of carbonyl (C=O) groups excluding carboxylic acids is 1. The molecule has 0 N–H and O–H groups in total. The van der Waals surface area contributed by atoms with Crippen molar-refractivity contribution in [1.82, 2.24) is 4.90 Å². The lowest BCUT2D eigenvalue weighted by molar-refractivity contribution is -0.129. The number of rotatable bonds is 5. The predicted octanol–water partition coefficient (Wildman–Crippen LogP) is 3.64. The van der Waals surface area contributed by atoms with Crippen LogP contribution in [0.25, 0.3) is 6.08 Å². The highest BCUT2D eigenvalue weighted by Crippen LogP contribution is 2.34. The lowest BCUT2D eigenvalue weighted by atomic mass is 10.2. The third-order valence-electron chi connectivity index (χ3n) is 3.50. The summed E-state index contributed by atoms with van der Waals surface area (Å²) in [5.74, 6) is 1.49. The Morgan fingerprint density at radius 1 is 1.30 bits per heavy atom. The van der Waals surface area contributed by atoms with Crippen molar-refractivity contribution in [1.29, 1.82) is 0 Å². The maximum atomic E-state index is 12.4. The monoisotopic (exact) mass is 271 g/mol.